The first-order valence-corrected chi connectivity index (χ1v) is 8.19. The Balaban J connectivity index is 1.45. The van der Waals surface area contributed by atoms with Gasteiger partial charge in [-0.2, -0.15) is 0 Å². The molecule has 0 aromatic carbocycles. The number of carbonyl (C=O) groups excluding carboxylic acids is 1. The van der Waals surface area contributed by atoms with Crippen molar-refractivity contribution in [3.8, 4) is 0 Å². The van der Waals surface area contributed by atoms with Gasteiger partial charge in [0.1, 0.15) is 12.2 Å². The molecule has 1 amide bonds. The third kappa shape index (κ3) is 3.71. The molecule has 0 bridgehead atoms. The van der Waals surface area contributed by atoms with Crippen LogP contribution in [-0.4, -0.2) is 60.9 Å². The average molecular weight is 320 g/mol. The first-order valence-electron chi connectivity index (χ1n) is 8.19. The van der Waals surface area contributed by atoms with E-state index in [4.69, 9.17) is 14.2 Å². The zero-order valence-corrected chi connectivity index (χ0v) is 13.6. The molecule has 1 aromatic rings. The number of carbonyl (C=O) groups is 1. The molecule has 2 aliphatic rings. The largest absolute Gasteiger partial charge is 0.376 e. The smallest absolute Gasteiger partial charge is 0.248 e. The molecule has 6 heteroatoms. The SMILES string of the molecule is CCOCC(=O)N1CC2(C1)OCC[C@@H]2COCc1ccncc1. The Hall–Kier alpha value is -1.50. The number of rotatable bonds is 7. The van der Waals surface area contributed by atoms with Crippen molar-refractivity contribution in [2.75, 3.05) is 39.5 Å². The van der Waals surface area contributed by atoms with Gasteiger partial charge in [0.05, 0.1) is 26.3 Å². The first kappa shape index (κ1) is 16.4. The fraction of sp³-hybridized carbons (Fsp3) is 0.647. The Morgan fingerprint density at radius 3 is 2.91 bits per heavy atom. The summed E-state index contributed by atoms with van der Waals surface area (Å²) < 4.78 is 17.0. The maximum atomic E-state index is 11.9. The van der Waals surface area contributed by atoms with Crippen molar-refractivity contribution in [2.45, 2.75) is 25.6 Å². The predicted octanol–water partition coefficient (Wildman–Crippen LogP) is 1.25. The average Bonchev–Trinajstić information content (AvgIpc) is 2.96. The summed E-state index contributed by atoms with van der Waals surface area (Å²) in [6.45, 7) is 5.92. The molecule has 2 fully saturated rings. The lowest BCUT2D eigenvalue weighted by molar-refractivity contribution is -0.172. The van der Waals surface area contributed by atoms with Crippen LogP contribution >= 0.6 is 0 Å². The van der Waals surface area contributed by atoms with E-state index in [2.05, 4.69) is 4.98 Å². The zero-order chi connectivity index (χ0) is 16.1. The summed E-state index contributed by atoms with van der Waals surface area (Å²) in [5, 5.41) is 0. The van der Waals surface area contributed by atoms with Crippen LogP contribution in [0.3, 0.4) is 0 Å². The number of likely N-dealkylation sites (tertiary alicyclic amines) is 1. The second-order valence-corrected chi connectivity index (χ2v) is 6.16. The number of hydrogen-bond donors (Lipinski definition) is 0. The Labute approximate surface area is 136 Å². The van der Waals surface area contributed by atoms with Crippen molar-refractivity contribution in [3.05, 3.63) is 30.1 Å². The summed E-state index contributed by atoms with van der Waals surface area (Å²) >= 11 is 0. The summed E-state index contributed by atoms with van der Waals surface area (Å²) in [4.78, 5) is 17.8. The third-order valence-electron chi connectivity index (χ3n) is 4.64. The van der Waals surface area contributed by atoms with Gasteiger partial charge in [-0.05, 0) is 31.0 Å². The van der Waals surface area contributed by atoms with Crippen LogP contribution in [-0.2, 0) is 25.6 Å². The molecule has 3 heterocycles. The topological polar surface area (TPSA) is 60.9 Å². The predicted molar refractivity (Wildman–Crippen MR) is 83.8 cm³/mol. The van der Waals surface area contributed by atoms with Crippen molar-refractivity contribution in [2.24, 2.45) is 5.92 Å². The molecule has 0 N–H and O–H groups in total. The maximum absolute atomic E-state index is 11.9. The molecule has 1 aromatic heterocycles. The molecule has 2 saturated heterocycles. The molecular weight excluding hydrogens is 296 g/mol. The highest BCUT2D eigenvalue weighted by Crippen LogP contribution is 2.40. The molecule has 0 unspecified atom stereocenters. The molecule has 2 aliphatic heterocycles. The standard InChI is InChI=1S/C17H24N2O4/c1-2-21-11-16(20)19-12-17(13-19)15(5-8-23-17)10-22-9-14-3-6-18-7-4-14/h3-4,6-7,15H,2,5,8-13H2,1H3/t15-/m1/s1. The molecule has 126 valence electrons. The van der Waals surface area contributed by atoms with Gasteiger partial charge in [0, 0.05) is 31.5 Å². The van der Waals surface area contributed by atoms with E-state index in [1.54, 1.807) is 12.4 Å². The van der Waals surface area contributed by atoms with E-state index >= 15 is 0 Å². The van der Waals surface area contributed by atoms with Crippen LogP contribution in [0, 0.1) is 5.92 Å². The van der Waals surface area contributed by atoms with Crippen molar-refractivity contribution < 1.29 is 19.0 Å². The van der Waals surface area contributed by atoms with Crippen molar-refractivity contribution >= 4 is 5.91 Å². The van der Waals surface area contributed by atoms with Gasteiger partial charge in [0.15, 0.2) is 0 Å². The summed E-state index contributed by atoms with van der Waals surface area (Å²) in [5.74, 6) is 0.393. The second kappa shape index (κ2) is 7.38. The zero-order valence-electron chi connectivity index (χ0n) is 13.6. The van der Waals surface area contributed by atoms with Gasteiger partial charge in [0.25, 0.3) is 0 Å². The van der Waals surface area contributed by atoms with E-state index in [-0.39, 0.29) is 18.1 Å². The van der Waals surface area contributed by atoms with Gasteiger partial charge in [-0.15, -0.1) is 0 Å². The van der Waals surface area contributed by atoms with Crippen LogP contribution < -0.4 is 0 Å². The number of aromatic nitrogens is 1. The Morgan fingerprint density at radius 1 is 1.39 bits per heavy atom. The van der Waals surface area contributed by atoms with E-state index < -0.39 is 0 Å². The number of nitrogens with zero attached hydrogens (tertiary/aromatic N) is 2. The normalized spacial score (nSPS) is 22.3. The highest BCUT2D eigenvalue weighted by molar-refractivity contribution is 5.78. The van der Waals surface area contributed by atoms with E-state index in [0.29, 0.717) is 38.8 Å². The van der Waals surface area contributed by atoms with Crippen LogP contribution in [0.25, 0.3) is 0 Å². The minimum absolute atomic E-state index is 0.0458. The highest BCUT2D eigenvalue weighted by Gasteiger charge is 2.54. The summed E-state index contributed by atoms with van der Waals surface area (Å²) in [6.07, 6.45) is 4.53. The molecule has 0 saturated carbocycles. The van der Waals surface area contributed by atoms with Crippen molar-refractivity contribution in [1.82, 2.24) is 9.88 Å². The van der Waals surface area contributed by atoms with E-state index in [1.165, 1.54) is 0 Å². The van der Waals surface area contributed by atoms with E-state index in [0.717, 1.165) is 18.6 Å². The molecule has 1 atom stereocenters. The Morgan fingerprint density at radius 2 is 2.17 bits per heavy atom. The number of amides is 1. The van der Waals surface area contributed by atoms with Gasteiger partial charge >= 0.3 is 0 Å². The summed E-state index contributed by atoms with van der Waals surface area (Å²) in [6, 6.07) is 3.91. The number of hydrogen-bond acceptors (Lipinski definition) is 5. The van der Waals surface area contributed by atoms with Crippen LogP contribution in [0.5, 0.6) is 0 Å². The molecule has 6 nitrogen and oxygen atoms in total. The van der Waals surface area contributed by atoms with Gasteiger partial charge in [-0.1, -0.05) is 0 Å². The highest BCUT2D eigenvalue weighted by atomic mass is 16.5. The molecule has 23 heavy (non-hydrogen) atoms. The lowest BCUT2D eigenvalue weighted by Crippen LogP contribution is -2.67. The van der Waals surface area contributed by atoms with Crippen LogP contribution in [0.2, 0.25) is 0 Å². The van der Waals surface area contributed by atoms with Crippen LogP contribution in [0.4, 0.5) is 0 Å². The monoisotopic (exact) mass is 320 g/mol. The third-order valence-corrected chi connectivity index (χ3v) is 4.64. The van der Waals surface area contributed by atoms with Gasteiger partial charge in [0.2, 0.25) is 5.91 Å². The molecule has 0 aliphatic carbocycles. The summed E-state index contributed by atoms with van der Waals surface area (Å²) in [5.41, 5.74) is 0.912. The summed E-state index contributed by atoms with van der Waals surface area (Å²) in [7, 11) is 0. The molecule has 1 spiro atoms. The minimum Gasteiger partial charge on any atom is -0.376 e. The fourth-order valence-corrected chi connectivity index (χ4v) is 3.22. The molecule has 3 rings (SSSR count). The Kier molecular flexibility index (Phi) is 5.25. The van der Waals surface area contributed by atoms with Gasteiger partial charge < -0.3 is 19.1 Å². The van der Waals surface area contributed by atoms with Crippen LogP contribution in [0.1, 0.15) is 18.9 Å². The number of pyridine rings is 1. The van der Waals surface area contributed by atoms with E-state index in [9.17, 15) is 4.79 Å². The maximum Gasteiger partial charge on any atom is 0.248 e. The van der Waals surface area contributed by atoms with E-state index in [1.807, 2.05) is 24.0 Å². The molecular formula is C17H24N2O4. The fourth-order valence-electron chi connectivity index (χ4n) is 3.22. The van der Waals surface area contributed by atoms with Crippen molar-refractivity contribution in [3.63, 3.8) is 0 Å². The number of ether oxygens (including phenoxy) is 3. The second-order valence-electron chi connectivity index (χ2n) is 6.16. The van der Waals surface area contributed by atoms with Crippen molar-refractivity contribution in [1.29, 1.82) is 0 Å². The van der Waals surface area contributed by atoms with Gasteiger partial charge in [-0.3, -0.25) is 9.78 Å². The van der Waals surface area contributed by atoms with Crippen LogP contribution in [0.15, 0.2) is 24.5 Å². The lowest BCUT2D eigenvalue weighted by atomic mass is 9.81. The first-order chi connectivity index (χ1) is 11.2. The minimum atomic E-state index is -0.208. The molecule has 0 radical (unpaired) electrons. The quantitative estimate of drug-likeness (QED) is 0.757. The lowest BCUT2D eigenvalue weighted by Gasteiger charge is -2.50. The van der Waals surface area contributed by atoms with Gasteiger partial charge in [-0.25, -0.2) is 0 Å². The Bertz CT molecular complexity index is 517.